The first-order chi connectivity index (χ1) is 33.1. The van der Waals surface area contributed by atoms with Crippen LogP contribution in [0.15, 0.2) is 0 Å². The summed E-state index contributed by atoms with van der Waals surface area (Å²) >= 11 is 0. The molecule has 1 aliphatic heterocycles. The van der Waals surface area contributed by atoms with Gasteiger partial charge in [0.25, 0.3) is 0 Å². The second-order valence-electron chi connectivity index (χ2n) is 20.3. The highest BCUT2D eigenvalue weighted by Gasteiger charge is 2.48. The zero-order valence-electron chi connectivity index (χ0n) is 44.0. The number of ether oxygens (including phenoxy) is 4. The molecule has 1 rings (SSSR count). The Balaban J connectivity index is 2.28. The maximum Gasteiger partial charge on any atom is 0.397 e. The summed E-state index contributed by atoms with van der Waals surface area (Å²) in [5.41, 5.74) is 0. The average molecular weight is 994 g/mol. The van der Waals surface area contributed by atoms with Crippen LogP contribution < -0.4 is 0 Å². The van der Waals surface area contributed by atoms with E-state index in [0.29, 0.717) is 13.0 Å². The van der Waals surface area contributed by atoms with Crippen LogP contribution in [0.4, 0.5) is 0 Å². The van der Waals surface area contributed by atoms with Crippen molar-refractivity contribution in [2.45, 2.75) is 320 Å². The van der Waals surface area contributed by atoms with E-state index in [9.17, 15) is 33.1 Å². The molecule has 1 saturated heterocycles. The van der Waals surface area contributed by atoms with Gasteiger partial charge in [-0.25, -0.2) is 4.18 Å². The van der Waals surface area contributed by atoms with Crippen molar-refractivity contribution in [3.05, 3.63) is 0 Å². The summed E-state index contributed by atoms with van der Waals surface area (Å²) in [6, 6.07) is 0. The van der Waals surface area contributed by atoms with Crippen molar-refractivity contribution >= 4 is 16.4 Å². The molecule has 6 unspecified atom stereocenters. The van der Waals surface area contributed by atoms with Gasteiger partial charge in [-0.05, 0) is 12.8 Å². The van der Waals surface area contributed by atoms with Crippen molar-refractivity contribution in [2.75, 3.05) is 26.4 Å². The Hall–Kier alpha value is -0.900. The van der Waals surface area contributed by atoms with Gasteiger partial charge in [-0.3, -0.25) is 9.35 Å². The molecule has 1 aliphatic rings. The molecule has 406 valence electrons. The number of aliphatic hydroxyl groups excluding tert-OH is 3. The Labute approximate surface area is 417 Å². The van der Waals surface area contributed by atoms with Crippen molar-refractivity contribution in [3.8, 4) is 0 Å². The third kappa shape index (κ3) is 39.7. The topological polar surface area (TPSA) is 178 Å². The molecular weight excluding hydrogens is 885 g/mol. The van der Waals surface area contributed by atoms with Gasteiger partial charge in [0.1, 0.15) is 30.5 Å². The van der Waals surface area contributed by atoms with Crippen LogP contribution in [0.2, 0.25) is 0 Å². The lowest BCUT2D eigenvalue weighted by Crippen LogP contribution is -2.60. The van der Waals surface area contributed by atoms with Gasteiger partial charge in [-0.2, -0.15) is 8.42 Å². The van der Waals surface area contributed by atoms with Crippen molar-refractivity contribution in [3.63, 3.8) is 0 Å². The van der Waals surface area contributed by atoms with Gasteiger partial charge in [0.15, 0.2) is 6.29 Å². The van der Waals surface area contributed by atoms with Crippen LogP contribution in [0.3, 0.4) is 0 Å². The summed E-state index contributed by atoms with van der Waals surface area (Å²) in [5.74, 6) is -0.389. The summed E-state index contributed by atoms with van der Waals surface area (Å²) in [4.78, 5) is 12.9. The van der Waals surface area contributed by atoms with Crippen molar-refractivity contribution in [1.29, 1.82) is 0 Å². The smallest absolute Gasteiger partial charge is 0.397 e. The van der Waals surface area contributed by atoms with Crippen molar-refractivity contribution < 1.29 is 56.2 Å². The first-order valence-electron chi connectivity index (χ1n) is 28.8. The summed E-state index contributed by atoms with van der Waals surface area (Å²) < 4.78 is 59.4. The van der Waals surface area contributed by atoms with Gasteiger partial charge >= 0.3 is 16.4 Å². The molecular formula is C55H108O12S. The normalized spacial score (nSPS) is 19.2. The molecule has 0 aromatic carbocycles. The molecule has 6 atom stereocenters. The number of carbonyl (C=O) groups excluding carboxylic acids is 1. The van der Waals surface area contributed by atoms with Gasteiger partial charge in [-0.15, -0.1) is 0 Å². The summed E-state index contributed by atoms with van der Waals surface area (Å²) in [6.07, 6.45) is 44.3. The maximum absolute atomic E-state index is 12.9. The summed E-state index contributed by atoms with van der Waals surface area (Å²) in [6.45, 7) is 4.08. The Kier molecular flexibility index (Phi) is 45.1. The molecule has 1 fully saturated rings. The standard InChI is InChI=1S/C55H108O12S/c1-3-5-7-9-11-13-15-17-19-21-23-24-25-27-29-31-33-35-37-39-41-43-45-63-47-49(48-64-55-53(59)54(67-68(60,61)62)52(58)50(46-56)66-55)65-51(57)44-42-40-38-36-34-32-30-28-26-22-20-18-16-14-12-10-8-6-4-2/h49-50,52-56,58-59H,3-48H2,1-2H3,(H,60,61,62). The number of unbranched alkanes of at least 4 members (excludes halogenated alkanes) is 39. The molecule has 1 heterocycles. The minimum Gasteiger partial charge on any atom is -0.457 e. The first kappa shape index (κ1) is 65.1. The second kappa shape index (κ2) is 47.1. The summed E-state index contributed by atoms with van der Waals surface area (Å²) in [5, 5.41) is 30.8. The quantitative estimate of drug-likeness (QED) is 0.0258. The van der Waals surface area contributed by atoms with E-state index < -0.39 is 53.8 Å². The van der Waals surface area contributed by atoms with E-state index in [1.165, 1.54) is 218 Å². The van der Waals surface area contributed by atoms with E-state index in [1.807, 2.05) is 0 Å². The van der Waals surface area contributed by atoms with E-state index in [2.05, 4.69) is 18.0 Å². The van der Waals surface area contributed by atoms with Crippen LogP contribution in [-0.4, -0.2) is 97.5 Å². The molecule has 0 bridgehead atoms. The zero-order chi connectivity index (χ0) is 49.6. The van der Waals surface area contributed by atoms with Crippen LogP contribution in [-0.2, 0) is 38.3 Å². The lowest BCUT2D eigenvalue weighted by Gasteiger charge is -2.41. The fourth-order valence-electron chi connectivity index (χ4n) is 9.38. The Morgan fingerprint density at radius 2 is 0.838 bits per heavy atom. The highest BCUT2D eigenvalue weighted by Crippen LogP contribution is 2.26. The zero-order valence-corrected chi connectivity index (χ0v) is 44.8. The largest absolute Gasteiger partial charge is 0.457 e. The van der Waals surface area contributed by atoms with Gasteiger partial charge in [0.2, 0.25) is 0 Å². The molecule has 0 spiro atoms. The lowest BCUT2D eigenvalue weighted by atomic mass is 9.99. The van der Waals surface area contributed by atoms with Crippen LogP contribution in [0.25, 0.3) is 0 Å². The lowest BCUT2D eigenvalue weighted by molar-refractivity contribution is -0.301. The molecule has 68 heavy (non-hydrogen) atoms. The van der Waals surface area contributed by atoms with E-state index in [0.717, 1.165) is 38.5 Å². The number of aliphatic hydroxyl groups is 3. The monoisotopic (exact) mass is 993 g/mol. The van der Waals surface area contributed by atoms with E-state index in [1.54, 1.807) is 0 Å². The minimum atomic E-state index is -5.06. The van der Waals surface area contributed by atoms with E-state index >= 15 is 0 Å². The molecule has 4 N–H and O–H groups in total. The van der Waals surface area contributed by atoms with Crippen LogP contribution in [0.5, 0.6) is 0 Å². The number of rotatable bonds is 52. The number of carbonyl (C=O) groups is 1. The first-order valence-corrected chi connectivity index (χ1v) is 30.2. The molecule has 13 heteroatoms. The van der Waals surface area contributed by atoms with Crippen LogP contribution in [0.1, 0.15) is 284 Å². The summed E-state index contributed by atoms with van der Waals surface area (Å²) in [7, 11) is -5.06. The molecule has 0 radical (unpaired) electrons. The van der Waals surface area contributed by atoms with Gasteiger partial charge in [-0.1, -0.05) is 264 Å². The van der Waals surface area contributed by atoms with Crippen molar-refractivity contribution in [1.82, 2.24) is 0 Å². The number of hydrogen-bond donors (Lipinski definition) is 4. The van der Waals surface area contributed by atoms with Crippen molar-refractivity contribution in [2.24, 2.45) is 0 Å². The van der Waals surface area contributed by atoms with E-state index in [-0.39, 0.29) is 25.6 Å². The number of hydrogen-bond acceptors (Lipinski definition) is 11. The van der Waals surface area contributed by atoms with Gasteiger partial charge in [0.05, 0.1) is 19.8 Å². The van der Waals surface area contributed by atoms with Gasteiger partial charge in [0, 0.05) is 13.0 Å². The second-order valence-corrected chi connectivity index (χ2v) is 21.3. The van der Waals surface area contributed by atoms with Gasteiger partial charge < -0.3 is 34.3 Å². The van der Waals surface area contributed by atoms with Crippen LogP contribution in [0, 0.1) is 0 Å². The Morgan fingerprint density at radius 1 is 0.500 bits per heavy atom. The SMILES string of the molecule is CCCCCCCCCCCCCCCCCCCCCCCCOCC(COC1OC(CO)C(O)C(OS(=O)(=O)O)C1O)OC(=O)CCCCCCCCCCCCCCCCCCCCC. The molecule has 0 aliphatic carbocycles. The maximum atomic E-state index is 12.9. The molecule has 0 saturated carbocycles. The third-order valence-corrected chi connectivity index (χ3v) is 14.2. The Bertz CT molecular complexity index is 1190. The fourth-order valence-corrected chi connectivity index (χ4v) is 9.89. The minimum absolute atomic E-state index is 0.0456. The fraction of sp³-hybridized carbons (Fsp3) is 0.982. The predicted molar refractivity (Wildman–Crippen MR) is 276 cm³/mol. The Morgan fingerprint density at radius 3 is 1.18 bits per heavy atom. The highest BCUT2D eigenvalue weighted by atomic mass is 32.3. The molecule has 0 amide bonds. The van der Waals surface area contributed by atoms with Crippen LogP contribution >= 0.6 is 0 Å². The molecule has 0 aromatic rings. The molecule has 12 nitrogen and oxygen atoms in total. The predicted octanol–water partition coefficient (Wildman–Crippen LogP) is 14.0. The highest BCUT2D eigenvalue weighted by molar-refractivity contribution is 7.80. The number of esters is 1. The van der Waals surface area contributed by atoms with E-state index in [4.69, 9.17) is 18.9 Å². The molecule has 0 aromatic heterocycles. The average Bonchev–Trinajstić information content (AvgIpc) is 3.31. The third-order valence-electron chi connectivity index (χ3n) is 13.7.